The third-order valence-electron chi connectivity index (χ3n) is 3.03. The fraction of sp³-hybridized carbons (Fsp3) is 0.385. The van der Waals surface area contributed by atoms with Gasteiger partial charge in [-0.15, -0.1) is 0 Å². The van der Waals surface area contributed by atoms with Crippen LogP contribution in [-0.4, -0.2) is 48.9 Å². The molecule has 2 rings (SSSR count). The Balaban J connectivity index is 2.33. The molecule has 0 spiro atoms. The molecule has 1 saturated heterocycles. The highest BCUT2D eigenvalue weighted by Gasteiger charge is 2.34. The summed E-state index contributed by atoms with van der Waals surface area (Å²) in [4.78, 5) is 27.2. The number of nitrogens with zero attached hydrogens (tertiary/aromatic N) is 2. The maximum Gasteiger partial charge on any atom is 0.320 e. The van der Waals surface area contributed by atoms with Crippen LogP contribution >= 0.6 is 11.6 Å². The molecule has 1 aliphatic rings. The summed E-state index contributed by atoms with van der Waals surface area (Å²) < 4.78 is 0. The lowest BCUT2D eigenvalue weighted by molar-refractivity contribution is -0.128. The predicted octanol–water partition coefficient (Wildman–Crippen LogP) is 1.49. The highest BCUT2D eigenvalue weighted by Crippen LogP contribution is 2.25. The first-order chi connectivity index (χ1) is 9.00. The summed E-state index contributed by atoms with van der Waals surface area (Å²) >= 11 is 5.85. The molecular weight excluding hydrogens is 266 g/mol. The lowest BCUT2D eigenvalue weighted by atomic mass is 10.0. The van der Waals surface area contributed by atoms with Crippen LogP contribution in [0.15, 0.2) is 24.3 Å². The normalized spacial score (nSPS) is 19.0. The third kappa shape index (κ3) is 2.81. The molecule has 1 fully saturated rings. The predicted molar refractivity (Wildman–Crippen MR) is 73.0 cm³/mol. The molecule has 1 N–H and O–H groups in total. The van der Waals surface area contributed by atoms with E-state index in [2.05, 4.69) is 5.32 Å². The van der Waals surface area contributed by atoms with Crippen molar-refractivity contribution in [2.45, 2.75) is 6.04 Å². The van der Waals surface area contributed by atoms with E-state index >= 15 is 0 Å². The second-order valence-corrected chi connectivity index (χ2v) is 5.05. The number of piperazine rings is 1. The molecule has 1 aliphatic heterocycles. The van der Waals surface area contributed by atoms with E-state index in [1.807, 2.05) is 0 Å². The van der Waals surface area contributed by atoms with Crippen LogP contribution in [0.2, 0.25) is 5.02 Å². The van der Waals surface area contributed by atoms with E-state index in [4.69, 9.17) is 11.6 Å². The van der Waals surface area contributed by atoms with Crippen molar-refractivity contribution in [3.63, 3.8) is 0 Å². The monoisotopic (exact) mass is 281 g/mol. The Hall–Kier alpha value is -1.75. The summed E-state index contributed by atoms with van der Waals surface area (Å²) in [7, 11) is 3.35. The van der Waals surface area contributed by atoms with Crippen molar-refractivity contribution in [2.24, 2.45) is 0 Å². The van der Waals surface area contributed by atoms with Crippen molar-refractivity contribution >= 4 is 23.5 Å². The maximum atomic E-state index is 12.1. The van der Waals surface area contributed by atoms with E-state index in [1.165, 1.54) is 4.90 Å². The number of hydrogen-bond donors (Lipinski definition) is 1. The quantitative estimate of drug-likeness (QED) is 0.848. The van der Waals surface area contributed by atoms with Crippen LogP contribution in [0.4, 0.5) is 4.79 Å². The van der Waals surface area contributed by atoms with Gasteiger partial charge in [0.15, 0.2) is 0 Å². The van der Waals surface area contributed by atoms with E-state index in [-0.39, 0.29) is 11.9 Å². The van der Waals surface area contributed by atoms with Crippen LogP contribution in [0.5, 0.6) is 0 Å². The number of halogens is 1. The lowest BCUT2D eigenvalue weighted by Gasteiger charge is -2.36. The van der Waals surface area contributed by atoms with Crippen LogP contribution in [0.1, 0.15) is 11.6 Å². The molecule has 3 amide bonds. The highest BCUT2D eigenvalue weighted by atomic mass is 35.5. The average molecular weight is 282 g/mol. The zero-order valence-electron chi connectivity index (χ0n) is 10.9. The topological polar surface area (TPSA) is 52.7 Å². The van der Waals surface area contributed by atoms with Crippen molar-refractivity contribution in [1.82, 2.24) is 15.1 Å². The van der Waals surface area contributed by atoms with Gasteiger partial charge in [0.1, 0.15) is 6.04 Å². The molecule has 0 aliphatic carbocycles. The largest absolute Gasteiger partial charge is 0.352 e. The summed E-state index contributed by atoms with van der Waals surface area (Å²) in [6.07, 6.45) is 0. The molecule has 0 radical (unpaired) electrons. The maximum absolute atomic E-state index is 12.1. The summed E-state index contributed by atoms with van der Waals surface area (Å²) in [5.74, 6) is -0.163. The minimum atomic E-state index is -0.596. The molecule has 1 heterocycles. The third-order valence-corrected chi connectivity index (χ3v) is 3.28. The Morgan fingerprint density at radius 3 is 2.58 bits per heavy atom. The zero-order chi connectivity index (χ0) is 14.0. The van der Waals surface area contributed by atoms with Crippen LogP contribution in [-0.2, 0) is 4.79 Å². The fourth-order valence-corrected chi connectivity index (χ4v) is 2.23. The molecule has 1 atom stereocenters. The number of rotatable bonds is 1. The van der Waals surface area contributed by atoms with Crippen LogP contribution < -0.4 is 5.32 Å². The number of carbonyl (C=O) groups is 2. The van der Waals surface area contributed by atoms with Crippen LogP contribution in [0, 0.1) is 0 Å². The summed E-state index contributed by atoms with van der Waals surface area (Å²) in [5.41, 5.74) is 0.761. The van der Waals surface area contributed by atoms with Crippen molar-refractivity contribution < 1.29 is 9.59 Å². The van der Waals surface area contributed by atoms with Gasteiger partial charge in [-0.1, -0.05) is 23.7 Å². The number of carbonyl (C=O) groups excluding carboxylic acids is 2. The Morgan fingerprint density at radius 1 is 1.37 bits per heavy atom. The highest BCUT2D eigenvalue weighted by molar-refractivity contribution is 6.30. The molecule has 5 nitrogen and oxygen atoms in total. The number of benzene rings is 1. The van der Waals surface area contributed by atoms with Gasteiger partial charge >= 0.3 is 6.03 Å². The van der Waals surface area contributed by atoms with E-state index in [0.717, 1.165) is 5.56 Å². The molecule has 0 aromatic heterocycles. The number of hydrogen-bond acceptors (Lipinski definition) is 2. The van der Waals surface area contributed by atoms with E-state index in [1.54, 1.807) is 43.3 Å². The fourth-order valence-electron chi connectivity index (χ4n) is 2.11. The Labute approximate surface area is 117 Å². The van der Waals surface area contributed by atoms with Gasteiger partial charge in [-0.3, -0.25) is 4.79 Å². The van der Waals surface area contributed by atoms with E-state index in [0.29, 0.717) is 18.1 Å². The smallest absolute Gasteiger partial charge is 0.320 e. The summed E-state index contributed by atoms with van der Waals surface area (Å²) in [6.45, 7) is 0.971. The SMILES string of the molecule is CN(C)C(=O)N1CCNC(=O)C1c1ccc(Cl)cc1. The molecule has 1 unspecified atom stereocenters. The van der Waals surface area contributed by atoms with Gasteiger partial charge in [0.2, 0.25) is 5.91 Å². The van der Waals surface area contributed by atoms with E-state index in [9.17, 15) is 9.59 Å². The minimum Gasteiger partial charge on any atom is -0.352 e. The van der Waals surface area contributed by atoms with E-state index < -0.39 is 6.04 Å². The number of amides is 3. The Bertz CT molecular complexity index is 487. The zero-order valence-corrected chi connectivity index (χ0v) is 11.6. The molecule has 102 valence electrons. The van der Waals surface area contributed by atoms with Crippen molar-refractivity contribution in [3.05, 3.63) is 34.9 Å². The van der Waals surface area contributed by atoms with Gasteiger partial charge in [-0.05, 0) is 17.7 Å². The molecule has 0 saturated carbocycles. The number of urea groups is 1. The Morgan fingerprint density at radius 2 is 2.00 bits per heavy atom. The first-order valence-electron chi connectivity index (χ1n) is 6.02. The van der Waals surface area contributed by atoms with Gasteiger partial charge in [0, 0.05) is 32.2 Å². The molecule has 19 heavy (non-hydrogen) atoms. The second kappa shape index (κ2) is 5.48. The van der Waals surface area contributed by atoms with Gasteiger partial charge in [-0.25, -0.2) is 4.79 Å². The standard InChI is InChI=1S/C13H16ClN3O2/c1-16(2)13(19)17-8-7-15-12(18)11(17)9-3-5-10(14)6-4-9/h3-6,11H,7-8H2,1-2H3,(H,15,18). The van der Waals surface area contributed by atoms with Crippen molar-refractivity contribution in [1.29, 1.82) is 0 Å². The molecule has 1 aromatic rings. The summed E-state index contributed by atoms with van der Waals surface area (Å²) in [6, 6.07) is 6.21. The Kier molecular flexibility index (Phi) is 3.95. The second-order valence-electron chi connectivity index (χ2n) is 4.62. The lowest BCUT2D eigenvalue weighted by Crippen LogP contribution is -2.54. The average Bonchev–Trinajstić information content (AvgIpc) is 2.39. The van der Waals surface area contributed by atoms with Gasteiger partial charge in [-0.2, -0.15) is 0 Å². The summed E-state index contributed by atoms with van der Waals surface area (Å²) in [5, 5.41) is 3.39. The van der Waals surface area contributed by atoms with Gasteiger partial charge in [0.25, 0.3) is 0 Å². The first-order valence-corrected chi connectivity index (χ1v) is 6.39. The molecule has 6 heteroatoms. The molecule has 1 aromatic carbocycles. The molecule has 0 bridgehead atoms. The minimum absolute atomic E-state index is 0.163. The van der Waals surface area contributed by atoms with Gasteiger partial charge in [0.05, 0.1) is 0 Å². The first kappa shape index (κ1) is 13.7. The van der Waals surface area contributed by atoms with Crippen LogP contribution in [0.3, 0.4) is 0 Å². The van der Waals surface area contributed by atoms with Crippen molar-refractivity contribution in [2.75, 3.05) is 27.2 Å². The number of nitrogens with one attached hydrogen (secondary N) is 1. The van der Waals surface area contributed by atoms with Crippen molar-refractivity contribution in [3.8, 4) is 0 Å². The molecular formula is C13H16ClN3O2. The van der Waals surface area contributed by atoms with Gasteiger partial charge < -0.3 is 15.1 Å². The van der Waals surface area contributed by atoms with Crippen LogP contribution in [0.25, 0.3) is 0 Å².